The summed E-state index contributed by atoms with van der Waals surface area (Å²) in [6.07, 6.45) is 3.36. The fourth-order valence-corrected chi connectivity index (χ4v) is 4.05. The minimum atomic E-state index is -0.934. The van der Waals surface area contributed by atoms with E-state index in [2.05, 4.69) is 20.6 Å². The molecule has 32 heavy (non-hydrogen) atoms. The number of benzene rings is 2. The Bertz CT molecular complexity index is 1130. The smallest absolute Gasteiger partial charge is 0.251 e. The molecule has 1 aliphatic carbocycles. The number of nitrogens with zero attached hydrogens (tertiary/aromatic N) is 3. The van der Waals surface area contributed by atoms with Crippen molar-refractivity contribution in [3.63, 3.8) is 0 Å². The number of hydrogen-bond acceptors (Lipinski definition) is 5. The van der Waals surface area contributed by atoms with Crippen LogP contribution in [0.15, 0.2) is 36.4 Å². The third-order valence-electron chi connectivity index (χ3n) is 5.85. The van der Waals surface area contributed by atoms with Gasteiger partial charge in [-0.25, -0.2) is 13.8 Å². The molecule has 168 valence electrons. The molecular formula is C24H27F2N5O. The lowest BCUT2D eigenvalue weighted by atomic mass is 9.91. The molecule has 8 heteroatoms. The molecule has 0 saturated heterocycles. The van der Waals surface area contributed by atoms with Gasteiger partial charge in [-0.05, 0) is 50.8 Å². The van der Waals surface area contributed by atoms with Crippen LogP contribution in [0, 0.1) is 18.6 Å². The van der Waals surface area contributed by atoms with Gasteiger partial charge in [0.2, 0.25) is 5.95 Å². The van der Waals surface area contributed by atoms with Crippen LogP contribution >= 0.6 is 0 Å². The lowest BCUT2D eigenvalue weighted by Crippen LogP contribution is -2.40. The molecule has 1 aliphatic rings. The molecule has 0 aliphatic heterocycles. The van der Waals surface area contributed by atoms with Crippen LogP contribution in [0.3, 0.4) is 0 Å². The highest BCUT2D eigenvalue weighted by atomic mass is 19.2. The number of nitrogens with one attached hydrogen (secondary N) is 2. The van der Waals surface area contributed by atoms with E-state index in [1.807, 2.05) is 31.2 Å². The third-order valence-corrected chi connectivity index (χ3v) is 5.85. The van der Waals surface area contributed by atoms with Gasteiger partial charge in [0, 0.05) is 43.2 Å². The number of carbonyl (C=O) groups excluding carboxylic acids is 1. The van der Waals surface area contributed by atoms with Gasteiger partial charge in [0.15, 0.2) is 11.6 Å². The van der Waals surface area contributed by atoms with Crippen LogP contribution in [-0.2, 0) is 0 Å². The van der Waals surface area contributed by atoms with Gasteiger partial charge in [0.25, 0.3) is 5.91 Å². The number of aryl methyl sites for hydroxylation is 1. The van der Waals surface area contributed by atoms with Gasteiger partial charge in [-0.3, -0.25) is 4.79 Å². The summed E-state index contributed by atoms with van der Waals surface area (Å²) in [6, 6.07) is 10.0. The Labute approximate surface area is 186 Å². The molecule has 0 radical (unpaired) electrons. The zero-order valence-corrected chi connectivity index (χ0v) is 18.5. The maximum atomic E-state index is 13.8. The van der Waals surface area contributed by atoms with Crippen molar-refractivity contribution in [3.8, 4) is 0 Å². The summed E-state index contributed by atoms with van der Waals surface area (Å²) in [5, 5.41) is 6.91. The Hall–Kier alpha value is -3.29. The molecular weight excluding hydrogens is 412 g/mol. The molecule has 0 unspecified atom stereocenters. The Morgan fingerprint density at radius 2 is 1.59 bits per heavy atom. The maximum absolute atomic E-state index is 13.8. The maximum Gasteiger partial charge on any atom is 0.251 e. The highest BCUT2D eigenvalue weighted by Gasteiger charge is 2.24. The molecule has 2 N–H and O–H groups in total. The second-order valence-electron chi connectivity index (χ2n) is 8.58. The number of anilines is 2. The first-order chi connectivity index (χ1) is 15.3. The van der Waals surface area contributed by atoms with Gasteiger partial charge < -0.3 is 15.5 Å². The summed E-state index contributed by atoms with van der Waals surface area (Å²) in [6.45, 7) is 1.99. The molecule has 1 aromatic heterocycles. The average Bonchev–Trinajstić information content (AvgIpc) is 2.76. The topological polar surface area (TPSA) is 70.2 Å². The van der Waals surface area contributed by atoms with Crippen molar-refractivity contribution in [2.75, 3.05) is 24.3 Å². The predicted octanol–water partition coefficient (Wildman–Crippen LogP) is 4.44. The highest BCUT2D eigenvalue weighted by molar-refractivity contribution is 5.94. The van der Waals surface area contributed by atoms with E-state index < -0.39 is 11.6 Å². The van der Waals surface area contributed by atoms with E-state index in [4.69, 9.17) is 0 Å². The summed E-state index contributed by atoms with van der Waals surface area (Å²) < 4.78 is 27.5. The summed E-state index contributed by atoms with van der Waals surface area (Å²) in [5.41, 5.74) is 2.14. The zero-order chi connectivity index (χ0) is 22.8. The molecule has 0 atom stereocenters. The van der Waals surface area contributed by atoms with Crippen LogP contribution in [0.5, 0.6) is 0 Å². The van der Waals surface area contributed by atoms with Crippen LogP contribution < -0.4 is 15.5 Å². The van der Waals surface area contributed by atoms with Gasteiger partial charge in [-0.15, -0.1) is 0 Å². The largest absolute Gasteiger partial charge is 0.362 e. The number of halogens is 2. The van der Waals surface area contributed by atoms with E-state index >= 15 is 0 Å². The second-order valence-corrected chi connectivity index (χ2v) is 8.58. The lowest BCUT2D eigenvalue weighted by molar-refractivity contribution is 0.0926. The van der Waals surface area contributed by atoms with Crippen molar-refractivity contribution in [2.24, 2.45) is 0 Å². The number of amides is 1. The predicted molar refractivity (Wildman–Crippen MR) is 122 cm³/mol. The van der Waals surface area contributed by atoms with E-state index in [-0.39, 0.29) is 18.0 Å². The van der Waals surface area contributed by atoms with Crippen molar-refractivity contribution in [1.29, 1.82) is 0 Å². The molecule has 1 saturated carbocycles. The van der Waals surface area contributed by atoms with Crippen LogP contribution in [0.25, 0.3) is 10.9 Å². The fourth-order valence-electron chi connectivity index (χ4n) is 4.05. The molecule has 3 aromatic rings. The van der Waals surface area contributed by atoms with E-state index in [1.54, 1.807) is 19.0 Å². The summed E-state index contributed by atoms with van der Waals surface area (Å²) in [7, 11) is 3.60. The monoisotopic (exact) mass is 439 g/mol. The van der Waals surface area contributed by atoms with Crippen molar-refractivity contribution >= 4 is 28.6 Å². The molecule has 2 aromatic carbocycles. The number of carbonyl (C=O) groups is 1. The van der Waals surface area contributed by atoms with Crippen LogP contribution in [0.1, 0.15) is 41.6 Å². The molecule has 6 nitrogen and oxygen atoms in total. The number of rotatable bonds is 5. The summed E-state index contributed by atoms with van der Waals surface area (Å²) in [4.78, 5) is 23.1. The van der Waals surface area contributed by atoms with Crippen molar-refractivity contribution in [1.82, 2.24) is 15.3 Å². The van der Waals surface area contributed by atoms with Crippen molar-refractivity contribution in [3.05, 3.63) is 59.2 Å². The minimum Gasteiger partial charge on any atom is -0.362 e. The minimum absolute atomic E-state index is 0.0517. The number of aromatic nitrogens is 2. The second kappa shape index (κ2) is 9.06. The first-order valence-electron chi connectivity index (χ1n) is 10.8. The van der Waals surface area contributed by atoms with E-state index in [0.29, 0.717) is 28.2 Å². The van der Waals surface area contributed by atoms with Gasteiger partial charge in [-0.1, -0.05) is 17.7 Å². The van der Waals surface area contributed by atoms with Gasteiger partial charge >= 0.3 is 0 Å². The molecule has 4 rings (SSSR count). The molecule has 1 amide bonds. The Morgan fingerprint density at radius 1 is 0.969 bits per heavy atom. The third kappa shape index (κ3) is 4.79. The van der Waals surface area contributed by atoms with E-state index in [0.717, 1.165) is 43.4 Å². The molecule has 1 fully saturated rings. The normalized spacial score (nSPS) is 18.4. The Balaban J connectivity index is 1.41. The van der Waals surface area contributed by atoms with Gasteiger partial charge in [0.05, 0.1) is 5.52 Å². The SMILES string of the molecule is Cc1ccc(C(=O)N[C@H]2CC[C@@H](Nc3nc(N(C)C)c4cc(F)c(F)cc4n3)CC2)cc1. The van der Waals surface area contributed by atoms with Crippen LogP contribution in [0.2, 0.25) is 0 Å². The molecule has 0 spiro atoms. The number of hydrogen-bond donors (Lipinski definition) is 2. The number of fused-ring (bicyclic) bond motifs is 1. The Kier molecular flexibility index (Phi) is 6.21. The fraction of sp³-hybridized carbons (Fsp3) is 0.375. The molecule has 0 bridgehead atoms. The average molecular weight is 440 g/mol. The van der Waals surface area contributed by atoms with E-state index in [9.17, 15) is 13.6 Å². The quantitative estimate of drug-likeness (QED) is 0.615. The van der Waals surface area contributed by atoms with E-state index in [1.165, 1.54) is 0 Å². The zero-order valence-electron chi connectivity index (χ0n) is 18.5. The van der Waals surface area contributed by atoms with Crippen molar-refractivity contribution in [2.45, 2.75) is 44.7 Å². The standard InChI is InChI=1S/C24H27F2N5O/c1-14-4-6-15(7-5-14)23(32)27-16-8-10-17(11-9-16)28-24-29-21-13-20(26)19(25)12-18(21)22(30-24)31(2)3/h4-7,12-13,16-17H,8-11H2,1-3H3,(H,27,32)(H,28,29,30)/t16-,17+. The Morgan fingerprint density at radius 3 is 2.25 bits per heavy atom. The summed E-state index contributed by atoms with van der Waals surface area (Å²) in [5.74, 6) is -0.994. The first-order valence-corrected chi connectivity index (χ1v) is 10.8. The molecule has 1 heterocycles. The highest BCUT2D eigenvalue weighted by Crippen LogP contribution is 2.28. The van der Waals surface area contributed by atoms with Gasteiger partial charge in [-0.2, -0.15) is 4.98 Å². The van der Waals surface area contributed by atoms with Gasteiger partial charge in [0.1, 0.15) is 5.82 Å². The van der Waals surface area contributed by atoms with Crippen LogP contribution in [-0.4, -0.2) is 42.1 Å². The van der Waals surface area contributed by atoms with Crippen LogP contribution in [0.4, 0.5) is 20.5 Å². The van der Waals surface area contributed by atoms with Crippen molar-refractivity contribution < 1.29 is 13.6 Å². The first kappa shape index (κ1) is 21.9. The lowest BCUT2D eigenvalue weighted by Gasteiger charge is -2.30. The summed E-state index contributed by atoms with van der Waals surface area (Å²) >= 11 is 0.